The lowest BCUT2D eigenvalue weighted by Gasteiger charge is -2.40. The Hall–Kier alpha value is -3.20. The highest BCUT2D eigenvalue weighted by Crippen LogP contribution is 2.45. The second-order valence-electron chi connectivity index (χ2n) is 8.07. The summed E-state index contributed by atoms with van der Waals surface area (Å²) in [6.07, 6.45) is -0.182. The van der Waals surface area contributed by atoms with Gasteiger partial charge in [0.1, 0.15) is 6.17 Å². The molecule has 3 aliphatic heterocycles. The molecule has 2 atom stereocenters. The van der Waals surface area contributed by atoms with E-state index in [9.17, 15) is 22.8 Å². The number of anilines is 1. The van der Waals surface area contributed by atoms with Crippen LogP contribution < -0.4 is 10.2 Å². The number of fused-ring (bicyclic) bond motifs is 5. The van der Waals surface area contributed by atoms with Crippen LogP contribution in [-0.2, 0) is 14.6 Å². The van der Waals surface area contributed by atoms with Crippen LogP contribution in [0.15, 0.2) is 48.5 Å². The first-order valence-electron chi connectivity index (χ1n) is 10.2. The van der Waals surface area contributed by atoms with Crippen molar-refractivity contribution in [3.8, 4) is 0 Å². The maximum absolute atomic E-state index is 13.3. The van der Waals surface area contributed by atoms with Gasteiger partial charge < -0.3 is 10.2 Å². The third-order valence-corrected chi connectivity index (χ3v) is 7.83. The Kier molecular flexibility index (Phi) is 4.58. The van der Waals surface area contributed by atoms with Crippen molar-refractivity contribution in [3.05, 3.63) is 65.2 Å². The predicted molar refractivity (Wildman–Crippen MR) is 113 cm³/mol. The lowest BCUT2D eigenvalue weighted by atomic mass is 10.0. The van der Waals surface area contributed by atoms with E-state index in [-0.39, 0.29) is 48.2 Å². The summed E-state index contributed by atoms with van der Waals surface area (Å²) in [7, 11) is -3.09. The largest absolute Gasteiger partial charge is 0.352 e. The Bertz CT molecular complexity index is 1210. The second kappa shape index (κ2) is 7.19. The van der Waals surface area contributed by atoms with Gasteiger partial charge in [-0.2, -0.15) is 0 Å². The molecule has 2 aromatic rings. The standard InChI is InChI=1S/C22H21N3O5S/c26-19(23-14-10-12-31(29,30)13-14)9-11-24-20-15-5-1-2-6-16(15)22(28)25(20)18-8-4-3-7-17(18)21(24)27/h1-8,14,20H,9-13H2,(H,23,26)/t14-,20-/m0/s1. The average molecular weight is 439 g/mol. The molecule has 0 saturated carbocycles. The highest BCUT2D eigenvalue weighted by molar-refractivity contribution is 7.91. The van der Waals surface area contributed by atoms with E-state index >= 15 is 0 Å². The number of nitrogens with one attached hydrogen (secondary N) is 1. The van der Waals surface area contributed by atoms with Crippen LogP contribution in [0.2, 0.25) is 0 Å². The van der Waals surface area contributed by atoms with Crippen LogP contribution in [0.5, 0.6) is 0 Å². The normalized spacial score (nSPS) is 23.4. The molecule has 8 nitrogen and oxygen atoms in total. The minimum absolute atomic E-state index is 0.0190. The van der Waals surface area contributed by atoms with Crippen molar-refractivity contribution in [2.24, 2.45) is 0 Å². The fourth-order valence-corrected chi connectivity index (χ4v) is 6.30. The van der Waals surface area contributed by atoms with Crippen molar-refractivity contribution in [2.45, 2.75) is 25.0 Å². The molecule has 3 heterocycles. The maximum Gasteiger partial charge on any atom is 0.260 e. The summed E-state index contributed by atoms with van der Waals surface area (Å²) < 4.78 is 23.2. The molecule has 5 rings (SSSR count). The van der Waals surface area contributed by atoms with E-state index in [1.54, 1.807) is 46.2 Å². The van der Waals surface area contributed by atoms with Crippen LogP contribution in [0.3, 0.4) is 0 Å². The van der Waals surface area contributed by atoms with Gasteiger partial charge in [-0.3, -0.25) is 19.3 Å². The van der Waals surface area contributed by atoms with Crippen molar-refractivity contribution < 1.29 is 22.8 Å². The van der Waals surface area contributed by atoms with Gasteiger partial charge in [-0.25, -0.2) is 8.42 Å². The molecule has 3 amide bonds. The van der Waals surface area contributed by atoms with Crippen molar-refractivity contribution in [3.63, 3.8) is 0 Å². The Balaban J connectivity index is 1.41. The van der Waals surface area contributed by atoms with E-state index in [2.05, 4.69) is 5.32 Å². The number of nitrogens with zero attached hydrogens (tertiary/aromatic N) is 2. The summed E-state index contributed by atoms with van der Waals surface area (Å²) in [6.45, 7) is 0.112. The molecule has 0 radical (unpaired) electrons. The van der Waals surface area contributed by atoms with Crippen LogP contribution in [0.1, 0.15) is 45.3 Å². The van der Waals surface area contributed by atoms with Gasteiger partial charge in [-0.05, 0) is 24.6 Å². The topological polar surface area (TPSA) is 104 Å². The first kappa shape index (κ1) is 19.7. The predicted octanol–water partition coefficient (Wildman–Crippen LogP) is 1.49. The number of carbonyl (C=O) groups excluding carboxylic acids is 3. The molecule has 0 spiro atoms. The fourth-order valence-electron chi connectivity index (χ4n) is 4.63. The van der Waals surface area contributed by atoms with E-state index in [0.29, 0.717) is 23.2 Å². The molecule has 3 aliphatic rings. The molecule has 1 saturated heterocycles. The minimum atomic E-state index is -3.09. The van der Waals surface area contributed by atoms with Gasteiger partial charge in [-0.15, -0.1) is 0 Å². The Morgan fingerprint density at radius 1 is 1.00 bits per heavy atom. The lowest BCUT2D eigenvalue weighted by molar-refractivity contribution is -0.121. The van der Waals surface area contributed by atoms with Crippen molar-refractivity contribution >= 4 is 33.2 Å². The third kappa shape index (κ3) is 3.29. The molecular formula is C22H21N3O5S. The van der Waals surface area contributed by atoms with Crippen molar-refractivity contribution in [1.29, 1.82) is 0 Å². The SMILES string of the molecule is O=C(CCN1C(=O)c2ccccc2N2C(=O)c3ccccc3[C@@H]12)N[C@H]1CCS(=O)(=O)C1. The molecule has 1 N–H and O–H groups in total. The zero-order chi connectivity index (χ0) is 21.8. The number of rotatable bonds is 4. The van der Waals surface area contributed by atoms with Crippen molar-refractivity contribution in [2.75, 3.05) is 23.0 Å². The molecule has 2 aromatic carbocycles. The first-order chi connectivity index (χ1) is 14.9. The average Bonchev–Trinajstić information content (AvgIpc) is 3.24. The number of hydrogen-bond acceptors (Lipinski definition) is 5. The van der Waals surface area contributed by atoms with Gasteiger partial charge in [0.2, 0.25) is 5.91 Å². The second-order valence-corrected chi connectivity index (χ2v) is 10.3. The maximum atomic E-state index is 13.3. The highest BCUT2D eigenvalue weighted by atomic mass is 32.2. The minimum Gasteiger partial charge on any atom is -0.352 e. The Labute approximate surface area is 179 Å². The number of para-hydroxylation sites is 1. The molecule has 9 heteroatoms. The first-order valence-corrected chi connectivity index (χ1v) is 12.0. The molecule has 1 fully saturated rings. The number of sulfone groups is 1. The lowest BCUT2D eigenvalue weighted by Crippen LogP contribution is -2.49. The van der Waals surface area contributed by atoms with Crippen LogP contribution in [-0.4, -0.2) is 55.1 Å². The summed E-state index contributed by atoms with van der Waals surface area (Å²) in [6, 6.07) is 13.8. The van der Waals surface area contributed by atoms with Crippen LogP contribution in [0, 0.1) is 0 Å². The molecular weight excluding hydrogens is 418 g/mol. The highest BCUT2D eigenvalue weighted by Gasteiger charge is 2.47. The van der Waals surface area contributed by atoms with Gasteiger partial charge in [0, 0.05) is 30.1 Å². The van der Waals surface area contributed by atoms with Crippen LogP contribution in [0.25, 0.3) is 0 Å². The molecule has 0 aliphatic carbocycles. The van der Waals surface area contributed by atoms with E-state index in [1.165, 1.54) is 0 Å². The zero-order valence-electron chi connectivity index (χ0n) is 16.7. The summed E-state index contributed by atoms with van der Waals surface area (Å²) in [5, 5.41) is 2.76. The summed E-state index contributed by atoms with van der Waals surface area (Å²) in [4.78, 5) is 42.1. The quantitative estimate of drug-likeness (QED) is 0.778. The summed E-state index contributed by atoms with van der Waals surface area (Å²) in [5.41, 5.74) is 2.26. The summed E-state index contributed by atoms with van der Waals surface area (Å²) in [5.74, 6) is -0.691. The number of carbonyl (C=O) groups is 3. The van der Waals surface area contributed by atoms with E-state index < -0.39 is 16.0 Å². The molecule has 0 aromatic heterocycles. The van der Waals surface area contributed by atoms with Crippen LogP contribution >= 0.6 is 0 Å². The van der Waals surface area contributed by atoms with Gasteiger partial charge in [0.25, 0.3) is 11.8 Å². The van der Waals surface area contributed by atoms with Gasteiger partial charge in [-0.1, -0.05) is 30.3 Å². The third-order valence-electron chi connectivity index (χ3n) is 6.06. The van der Waals surface area contributed by atoms with Gasteiger partial charge in [0.05, 0.1) is 22.8 Å². The number of hydrogen-bond donors (Lipinski definition) is 1. The molecule has 0 unspecified atom stereocenters. The van der Waals surface area contributed by atoms with Gasteiger partial charge >= 0.3 is 0 Å². The zero-order valence-corrected chi connectivity index (χ0v) is 17.5. The molecule has 160 valence electrons. The molecule has 31 heavy (non-hydrogen) atoms. The van der Waals surface area contributed by atoms with E-state index in [0.717, 1.165) is 5.56 Å². The monoisotopic (exact) mass is 439 g/mol. The van der Waals surface area contributed by atoms with Crippen LogP contribution in [0.4, 0.5) is 5.69 Å². The Morgan fingerprint density at radius 2 is 1.71 bits per heavy atom. The fraction of sp³-hybridized carbons (Fsp3) is 0.318. The summed E-state index contributed by atoms with van der Waals surface area (Å²) >= 11 is 0. The number of benzene rings is 2. The smallest absolute Gasteiger partial charge is 0.260 e. The Morgan fingerprint density at radius 3 is 2.45 bits per heavy atom. The molecule has 0 bridgehead atoms. The van der Waals surface area contributed by atoms with Gasteiger partial charge in [0.15, 0.2) is 9.84 Å². The number of amides is 3. The van der Waals surface area contributed by atoms with E-state index in [1.807, 2.05) is 12.1 Å². The van der Waals surface area contributed by atoms with Crippen molar-refractivity contribution in [1.82, 2.24) is 10.2 Å². The van der Waals surface area contributed by atoms with E-state index in [4.69, 9.17) is 0 Å².